The van der Waals surface area contributed by atoms with E-state index >= 15 is 0 Å². The Morgan fingerprint density at radius 2 is 1.82 bits per heavy atom. The van der Waals surface area contributed by atoms with Crippen LogP contribution in [0.25, 0.3) is 0 Å². The summed E-state index contributed by atoms with van der Waals surface area (Å²) in [5.41, 5.74) is 7.36. The predicted molar refractivity (Wildman–Crippen MR) is 87.6 cm³/mol. The molecule has 1 aromatic carbocycles. The van der Waals surface area contributed by atoms with Gasteiger partial charge < -0.3 is 15.2 Å². The molecular formula is C16H23NO4S. The second-order valence-electron chi connectivity index (χ2n) is 5.99. The first kappa shape index (κ1) is 18.5. The van der Waals surface area contributed by atoms with Crippen LogP contribution in [0.3, 0.4) is 0 Å². The number of rotatable bonds is 5. The fourth-order valence-electron chi connectivity index (χ4n) is 1.48. The first-order valence-electron chi connectivity index (χ1n) is 7.01. The number of thioether (sulfide) groups is 1. The summed E-state index contributed by atoms with van der Waals surface area (Å²) < 4.78 is 9.47. The second-order valence-corrected chi connectivity index (χ2v) is 7.02. The van der Waals surface area contributed by atoms with E-state index in [-0.39, 0.29) is 0 Å². The van der Waals surface area contributed by atoms with Crippen LogP contribution in [0.5, 0.6) is 0 Å². The molecule has 1 rings (SSSR count). The maximum absolute atomic E-state index is 11.7. The number of nitrogens with two attached hydrogens (primary N) is 1. The third kappa shape index (κ3) is 7.47. The van der Waals surface area contributed by atoms with Crippen LogP contribution < -0.4 is 5.73 Å². The van der Waals surface area contributed by atoms with E-state index in [0.29, 0.717) is 5.75 Å². The molecule has 0 heterocycles. The number of hydrogen-bond acceptors (Lipinski definition) is 6. The number of hydrogen-bond donors (Lipinski definition) is 1. The van der Waals surface area contributed by atoms with Gasteiger partial charge in [-0.25, -0.2) is 9.59 Å². The standard InChI is InChI=1S/C16H23NO4S/c1-11-5-7-12(8-6-11)9-22-10-13(17)14(18)20-15(19)21-16(2,3)4/h5-8,13H,9-10,17H2,1-4H3/t13-/m0/s1. The summed E-state index contributed by atoms with van der Waals surface area (Å²) >= 11 is 1.51. The Hall–Kier alpha value is -1.53. The second kappa shape index (κ2) is 8.19. The number of ether oxygens (including phenoxy) is 2. The normalized spacial score (nSPS) is 12.6. The molecule has 0 amide bonds. The van der Waals surface area contributed by atoms with Crippen LogP contribution in [0.4, 0.5) is 4.79 Å². The molecule has 122 valence electrons. The van der Waals surface area contributed by atoms with Crippen molar-refractivity contribution in [1.29, 1.82) is 0 Å². The summed E-state index contributed by atoms with van der Waals surface area (Å²) in [5, 5.41) is 0. The molecule has 0 aromatic heterocycles. The van der Waals surface area contributed by atoms with Gasteiger partial charge in [0.2, 0.25) is 0 Å². The zero-order valence-corrected chi connectivity index (χ0v) is 14.2. The number of carbonyl (C=O) groups excluding carboxylic acids is 2. The lowest BCUT2D eigenvalue weighted by atomic mass is 10.2. The Balaban J connectivity index is 2.32. The van der Waals surface area contributed by atoms with Gasteiger partial charge in [-0.3, -0.25) is 0 Å². The van der Waals surface area contributed by atoms with Gasteiger partial charge in [0.15, 0.2) is 0 Å². The van der Waals surface area contributed by atoms with Gasteiger partial charge in [-0.1, -0.05) is 29.8 Å². The number of esters is 1. The molecule has 1 aromatic rings. The minimum absolute atomic E-state index is 0.371. The zero-order valence-electron chi connectivity index (χ0n) is 13.4. The van der Waals surface area contributed by atoms with Crippen molar-refractivity contribution in [2.75, 3.05) is 5.75 Å². The molecule has 0 saturated carbocycles. The average Bonchev–Trinajstić information content (AvgIpc) is 2.38. The molecule has 0 unspecified atom stereocenters. The largest absolute Gasteiger partial charge is 0.516 e. The molecule has 6 heteroatoms. The monoisotopic (exact) mass is 325 g/mol. The van der Waals surface area contributed by atoms with Gasteiger partial charge in [-0.2, -0.15) is 11.8 Å². The molecule has 0 aliphatic heterocycles. The highest BCUT2D eigenvalue weighted by atomic mass is 32.2. The highest BCUT2D eigenvalue weighted by Gasteiger charge is 2.23. The van der Waals surface area contributed by atoms with E-state index in [1.807, 2.05) is 31.2 Å². The highest BCUT2D eigenvalue weighted by Crippen LogP contribution is 2.14. The summed E-state index contributed by atoms with van der Waals surface area (Å²) in [4.78, 5) is 23.0. The molecule has 22 heavy (non-hydrogen) atoms. The topological polar surface area (TPSA) is 78.6 Å². The lowest BCUT2D eigenvalue weighted by molar-refractivity contribution is -0.142. The molecular weight excluding hydrogens is 302 g/mol. The van der Waals surface area contributed by atoms with Gasteiger partial charge in [-0.05, 0) is 33.3 Å². The van der Waals surface area contributed by atoms with Crippen molar-refractivity contribution in [2.45, 2.75) is 45.1 Å². The van der Waals surface area contributed by atoms with Crippen molar-refractivity contribution < 1.29 is 19.1 Å². The first-order valence-corrected chi connectivity index (χ1v) is 8.16. The van der Waals surface area contributed by atoms with Crippen molar-refractivity contribution in [2.24, 2.45) is 5.73 Å². The Labute approximate surface area is 135 Å². The lowest BCUT2D eigenvalue weighted by Gasteiger charge is -2.19. The Bertz CT molecular complexity index is 508. The minimum atomic E-state index is -1.02. The molecule has 0 bridgehead atoms. The van der Waals surface area contributed by atoms with E-state index in [1.165, 1.54) is 17.3 Å². The number of benzene rings is 1. The van der Waals surface area contributed by atoms with E-state index in [2.05, 4.69) is 4.74 Å². The number of carbonyl (C=O) groups is 2. The summed E-state index contributed by atoms with van der Waals surface area (Å²) in [6.45, 7) is 7.10. The Kier molecular flexibility index (Phi) is 6.90. The van der Waals surface area contributed by atoms with Crippen molar-refractivity contribution in [3.8, 4) is 0 Å². The average molecular weight is 325 g/mol. The molecule has 0 radical (unpaired) electrons. The molecule has 2 N–H and O–H groups in total. The molecule has 0 aliphatic rings. The lowest BCUT2D eigenvalue weighted by Crippen LogP contribution is -2.37. The van der Waals surface area contributed by atoms with E-state index in [4.69, 9.17) is 10.5 Å². The molecule has 0 fully saturated rings. The Morgan fingerprint density at radius 3 is 2.36 bits per heavy atom. The maximum Gasteiger partial charge on any atom is 0.516 e. The minimum Gasteiger partial charge on any atom is -0.428 e. The predicted octanol–water partition coefficient (Wildman–Crippen LogP) is 3.03. The third-order valence-electron chi connectivity index (χ3n) is 2.56. The number of aryl methyl sites for hydroxylation is 1. The van der Waals surface area contributed by atoms with Crippen LogP contribution in [0, 0.1) is 6.92 Å². The zero-order chi connectivity index (χ0) is 16.8. The van der Waals surface area contributed by atoms with Crippen LogP contribution in [-0.4, -0.2) is 29.5 Å². The van der Waals surface area contributed by atoms with Gasteiger partial charge in [0.1, 0.15) is 11.6 Å². The van der Waals surface area contributed by atoms with Gasteiger partial charge in [0.05, 0.1) is 0 Å². The van der Waals surface area contributed by atoms with Crippen molar-refractivity contribution in [3.05, 3.63) is 35.4 Å². The van der Waals surface area contributed by atoms with Crippen LogP contribution >= 0.6 is 11.8 Å². The Morgan fingerprint density at radius 1 is 1.23 bits per heavy atom. The van der Waals surface area contributed by atoms with Crippen LogP contribution in [-0.2, 0) is 20.0 Å². The fourth-order valence-corrected chi connectivity index (χ4v) is 2.42. The van der Waals surface area contributed by atoms with Crippen molar-refractivity contribution in [1.82, 2.24) is 0 Å². The molecule has 0 saturated heterocycles. The van der Waals surface area contributed by atoms with Crippen LogP contribution in [0.15, 0.2) is 24.3 Å². The first-order chi connectivity index (χ1) is 10.2. The van der Waals surface area contributed by atoms with Crippen molar-refractivity contribution >= 4 is 23.9 Å². The molecule has 0 aliphatic carbocycles. The fraction of sp³-hybridized carbons (Fsp3) is 0.500. The SMILES string of the molecule is Cc1ccc(CSC[C@H](N)C(=O)OC(=O)OC(C)(C)C)cc1. The summed E-state index contributed by atoms with van der Waals surface area (Å²) in [7, 11) is 0. The van der Waals surface area contributed by atoms with Gasteiger partial charge in [0, 0.05) is 11.5 Å². The summed E-state index contributed by atoms with van der Waals surface area (Å²) in [6, 6.07) is 7.28. The smallest absolute Gasteiger partial charge is 0.428 e. The maximum atomic E-state index is 11.7. The van der Waals surface area contributed by atoms with Crippen LogP contribution in [0.1, 0.15) is 31.9 Å². The van der Waals surface area contributed by atoms with Gasteiger partial charge >= 0.3 is 12.1 Å². The van der Waals surface area contributed by atoms with E-state index in [9.17, 15) is 9.59 Å². The summed E-state index contributed by atoms with van der Waals surface area (Å²) in [6.07, 6.45) is -1.02. The molecule has 0 spiro atoms. The van der Waals surface area contributed by atoms with Crippen molar-refractivity contribution in [3.63, 3.8) is 0 Å². The van der Waals surface area contributed by atoms with Crippen LogP contribution in [0.2, 0.25) is 0 Å². The van der Waals surface area contributed by atoms with Gasteiger partial charge in [0.25, 0.3) is 0 Å². The highest BCUT2D eigenvalue weighted by molar-refractivity contribution is 7.98. The third-order valence-corrected chi connectivity index (χ3v) is 3.70. The van der Waals surface area contributed by atoms with E-state index in [0.717, 1.165) is 11.3 Å². The quantitative estimate of drug-likeness (QED) is 0.662. The summed E-state index contributed by atoms with van der Waals surface area (Å²) in [5.74, 6) is 0.342. The van der Waals surface area contributed by atoms with Gasteiger partial charge in [-0.15, -0.1) is 0 Å². The molecule has 1 atom stereocenters. The van der Waals surface area contributed by atoms with E-state index < -0.39 is 23.8 Å². The molecule has 5 nitrogen and oxygen atoms in total. The van der Waals surface area contributed by atoms with E-state index in [1.54, 1.807) is 20.8 Å².